The van der Waals surface area contributed by atoms with Crippen LogP contribution in [0.15, 0.2) is 51.8 Å². The molecule has 1 aliphatic rings. The third-order valence-electron chi connectivity index (χ3n) is 4.42. The highest BCUT2D eigenvalue weighted by Gasteiger charge is 2.31. The lowest BCUT2D eigenvalue weighted by molar-refractivity contribution is 0.374. The zero-order valence-corrected chi connectivity index (χ0v) is 16.7. The lowest BCUT2D eigenvalue weighted by Gasteiger charge is -2.35. The van der Waals surface area contributed by atoms with E-state index >= 15 is 0 Å². The largest absolute Gasteiger partial charge is 0.495 e. The van der Waals surface area contributed by atoms with Gasteiger partial charge in [-0.1, -0.05) is 34.1 Å². The van der Waals surface area contributed by atoms with Gasteiger partial charge in [-0.2, -0.15) is 4.31 Å². The van der Waals surface area contributed by atoms with Gasteiger partial charge in [0.2, 0.25) is 10.0 Å². The van der Waals surface area contributed by atoms with Gasteiger partial charge in [0.15, 0.2) is 0 Å². The maximum Gasteiger partial charge on any atom is 0.246 e. The summed E-state index contributed by atoms with van der Waals surface area (Å²) in [5, 5.41) is 0. The van der Waals surface area contributed by atoms with Crippen LogP contribution in [0.25, 0.3) is 0 Å². The van der Waals surface area contributed by atoms with Crippen molar-refractivity contribution in [2.24, 2.45) is 0 Å². The Morgan fingerprint density at radius 2 is 1.68 bits per heavy atom. The molecule has 0 N–H and O–H groups in total. The molecule has 0 radical (unpaired) electrons. The number of aryl methyl sites for hydroxylation is 1. The number of nitrogens with zero attached hydrogens (tertiary/aromatic N) is 2. The lowest BCUT2D eigenvalue weighted by atomic mass is 10.2. The summed E-state index contributed by atoms with van der Waals surface area (Å²) in [6.07, 6.45) is 0. The summed E-state index contributed by atoms with van der Waals surface area (Å²) in [7, 11) is -2.10. The summed E-state index contributed by atoms with van der Waals surface area (Å²) in [5.74, 6) is 0.381. The molecule has 0 amide bonds. The molecule has 25 heavy (non-hydrogen) atoms. The van der Waals surface area contributed by atoms with Crippen LogP contribution in [-0.2, 0) is 10.0 Å². The van der Waals surface area contributed by atoms with Gasteiger partial charge in [-0.3, -0.25) is 0 Å². The Morgan fingerprint density at radius 1 is 1.04 bits per heavy atom. The van der Waals surface area contributed by atoms with Gasteiger partial charge < -0.3 is 9.64 Å². The number of sulfonamides is 1. The predicted octanol–water partition coefficient (Wildman–Crippen LogP) is 3.28. The fourth-order valence-corrected chi connectivity index (χ4v) is 5.04. The molecule has 0 unspecified atom stereocenters. The van der Waals surface area contributed by atoms with Gasteiger partial charge in [-0.05, 0) is 36.8 Å². The molecule has 1 heterocycles. The first-order chi connectivity index (χ1) is 11.9. The Balaban J connectivity index is 1.82. The number of benzene rings is 2. The second-order valence-electron chi connectivity index (χ2n) is 5.98. The minimum absolute atomic E-state index is 0.209. The highest BCUT2D eigenvalue weighted by molar-refractivity contribution is 9.10. The van der Waals surface area contributed by atoms with E-state index in [4.69, 9.17) is 4.74 Å². The summed E-state index contributed by atoms with van der Waals surface area (Å²) < 4.78 is 33.8. The van der Waals surface area contributed by atoms with Crippen LogP contribution in [0, 0.1) is 6.92 Å². The Bertz CT molecular complexity index is 848. The molecule has 0 aliphatic carbocycles. The van der Waals surface area contributed by atoms with Crippen molar-refractivity contribution in [2.75, 3.05) is 38.2 Å². The molecule has 134 valence electrons. The standard InChI is InChI=1S/C18H21BrN2O3S/c1-14-12-17(24-2)18(13-16(14)19)25(22,23)21-10-8-20(9-11-21)15-6-4-3-5-7-15/h3-7,12-13H,8-11H2,1-2H3. The highest BCUT2D eigenvalue weighted by Crippen LogP contribution is 2.33. The van der Waals surface area contributed by atoms with E-state index in [0.29, 0.717) is 31.9 Å². The third kappa shape index (κ3) is 3.68. The fourth-order valence-electron chi connectivity index (χ4n) is 2.96. The number of hydrogen-bond donors (Lipinski definition) is 0. The molecule has 0 saturated carbocycles. The first kappa shape index (κ1) is 18.2. The van der Waals surface area contributed by atoms with Crippen LogP contribution in [0.4, 0.5) is 5.69 Å². The van der Waals surface area contributed by atoms with Crippen molar-refractivity contribution in [3.05, 3.63) is 52.5 Å². The average Bonchev–Trinajstić information content (AvgIpc) is 2.64. The molecule has 0 bridgehead atoms. The van der Waals surface area contributed by atoms with Gasteiger partial charge in [0.25, 0.3) is 0 Å². The minimum atomic E-state index is -3.60. The van der Waals surface area contributed by atoms with Gasteiger partial charge in [-0.25, -0.2) is 8.42 Å². The monoisotopic (exact) mass is 424 g/mol. The molecule has 2 aromatic carbocycles. The minimum Gasteiger partial charge on any atom is -0.495 e. The molecule has 1 fully saturated rings. The molecule has 0 aromatic heterocycles. The number of rotatable bonds is 4. The Kier molecular flexibility index (Phi) is 5.36. The van der Waals surface area contributed by atoms with Gasteiger partial charge in [0.1, 0.15) is 10.6 Å². The number of hydrogen-bond acceptors (Lipinski definition) is 4. The van der Waals surface area contributed by atoms with Crippen LogP contribution >= 0.6 is 15.9 Å². The van der Waals surface area contributed by atoms with Crippen molar-refractivity contribution in [2.45, 2.75) is 11.8 Å². The molecule has 1 aliphatic heterocycles. The molecule has 3 rings (SSSR count). The molecule has 0 atom stereocenters. The van der Waals surface area contributed by atoms with Gasteiger partial charge in [-0.15, -0.1) is 0 Å². The molecular formula is C18H21BrN2O3S. The van der Waals surface area contributed by atoms with Gasteiger partial charge in [0.05, 0.1) is 7.11 Å². The molecule has 0 spiro atoms. The number of ether oxygens (including phenoxy) is 1. The van der Waals surface area contributed by atoms with Crippen molar-refractivity contribution in [3.63, 3.8) is 0 Å². The summed E-state index contributed by atoms with van der Waals surface area (Å²) in [6, 6.07) is 13.4. The number of anilines is 1. The smallest absolute Gasteiger partial charge is 0.246 e. The maximum absolute atomic E-state index is 13.1. The van der Waals surface area contributed by atoms with E-state index in [2.05, 4.69) is 20.8 Å². The average molecular weight is 425 g/mol. The molecule has 7 heteroatoms. The Labute approximate surface area is 157 Å². The van der Waals surface area contributed by atoms with E-state index in [1.807, 2.05) is 37.3 Å². The predicted molar refractivity (Wildman–Crippen MR) is 103 cm³/mol. The Morgan fingerprint density at radius 3 is 2.28 bits per heavy atom. The molecule has 1 saturated heterocycles. The van der Waals surface area contributed by atoms with Crippen LogP contribution in [0.5, 0.6) is 5.75 Å². The first-order valence-electron chi connectivity index (χ1n) is 8.08. The van der Waals surface area contributed by atoms with Crippen LogP contribution in [0.3, 0.4) is 0 Å². The summed E-state index contributed by atoms with van der Waals surface area (Å²) in [6.45, 7) is 4.14. The summed E-state index contributed by atoms with van der Waals surface area (Å²) in [4.78, 5) is 2.41. The van der Waals surface area contributed by atoms with E-state index in [1.165, 1.54) is 11.4 Å². The molecule has 5 nitrogen and oxygen atoms in total. The second kappa shape index (κ2) is 7.35. The molecular weight excluding hydrogens is 404 g/mol. The van der Waals surface area contributed by atoms with Crippen LogP contribution < -0.4 is 9.64 Å². The van der Waals surface area contributed by atoms with Crippen LogP contribution in [0.1, 0.15) is 5.56 Å². The van der Waals surface area contributed by atoms with Gasteiger partial charge >= 0.3 is 0 Å². The van der Waals surface area contributed by atoms with E-state index < -0.39 is 10.0 Å². The zero-order chi connectivity index (χ0) is 18.0. The summed E-state index contributed by atoms with van der Waals surface area (Å²) in [5.41, 5.74) is 2.06. The fraction of sp³-hybridized carbons (Fsp3) is 0.333. The second-order valence-corrected chi connectivity index (χ2v) is 8.74. The van der Waals surface area contributed by atoms with Gasteiger partial charge in [0, 0.05) is 36.3 Å². The van der Waals surface area contributed by atoms with Crippen LogP contribution in [0.2, 0.25) is 0 Å². The van der Waals surface area contributed by atoms with E-state index in [1.54, 1.807) is 12.1 Å². The Hall–Kier alpha value is -1.57. The normalized spacial score (nSPS) is 16.0. The van der Waals surface area contributed by atoms with Crippen molar-refractivity contribution in [3.8, 4) is 5.75 Å². The van der Waals surface area contributed by atoms with Crippen molar-refractivity contribution >= 4 is 31.6 Å². The number of piperazine rings is 1. The van der Waals surface area contributed by atoms with Crippen molar-refractivity contribution in [1.82, 2.24) is 4.31 Å². The SMILES string of the molecule is COc1cc(C)c(Br)cc1S(=O)(=O)N1CCN(c2ccccc2)CC1. The van der Waals surface area contributed by atoms with Crippen LogP contribution in [-0.4, -0.2) is 46.0 Å². The summed E-state index contributed by atoms with van der Waals surface area (Å²) >= 11 is 3.42. The zero-order valence-electron chi connectivity index (χ0n) is 14.3. The molecule has 2 aromatic rings. The van der Waals surface area contributed by atoms with E-state index in [-0.39, 0.29) is 4.90 Å². The van der Waals surface area contributed by atoms with E-state index in [0.717, 1.165) is 15.7 Å². The van der Waals surface area contributed by atoms with E-state index in [9.17, 15) is 8.42 Å². The number of halogens is 1. The lowest BCUT2D eigenvalue weighted by Crippen LogP contribution is -2.48. The first-order valence-corrected chi connectivity index (χ1v) is 10.3. The maximum atomic E-state index is 13.1. The number of para-hydroxylation sites is 1. The topological polar surface area (TPSA) is 49.9 Å². The third-order valence-corrected chi connectivity index (χ3v) is 7.20. The quantitative estimate of drug-likeness (QED) is 0.755. The van der Waals surface area contributed by atoms with Crippen molar-refractivity contribution in [1.29, 1.82) is 0 Å². The highest BCUT2D eigenvalue weighted by atomic mass is 79.9. The number of methoxy groups -OCH3 is 1. The van der Waals surface area contributed by atoms with Crippen molar-refractivity contribution < 1.29 is 13.2 Å².